The normalized spacial score (nSPS) is 14.6. The molecule has 0 aliphatic carbocycles. The van der Waals surface area contributed by atoms with Crippen molar-refractivity contribution in [2.24, 2.45) is 23.7 Å². The molecule has 0 amide bonds. The quantitative estimate of drug-likeness (QED) is 0.0222. The van der Waals surface area contributed by atoms with Gasteiger partial charge in [0.25, 0.3) is 0 Å². The number of hydrogen-bond acceptors (Lipinski definition) is 15. The van der Waals surface area contributed by atoms with Gasteiger partial charge in [0.1, 0.15) is 19.3 Å². The highest BCUT2D eigenvalue weighted by Crippen LogP contribution is 2.45. The summed E-state index contributed by atoms with van der Waals surface area (Å²) < 4.78 is 68.7. The topological polar surface area (TPSA) is 237 Å². The van der Waals surface area contributed by atoms with E-state index in [4.69, 9.17) is 37.0 Å². The minimum Gasteiger partial charge on any atom is -0.462 e. The zero-order valence-electron chi connectivity index (χ0n) is 65.8. The Morgan fingerprint density at radius 2 is 0.480 bits per heavy atom. The van der Waals surface area contributed by atoms with Crippen LogP contribution >= 0.6 is 15.6 Å². The van der Waals surface area contributed by atoms with E-state index in [0.29, 0.717) is 25.7 Å². The molecule has 0 spiro atoms. The molecule has 3 N–H and O–H groups in total. The summed E-state index contributed by atoms with van der Waals surface area (Å²) in [5.74, 6) is 1.02. The number of carbonyl (C=O) groups excluding carboxylic acids is 4. The Balaban J connectivity index is 5.21. The molecule has 0 bridgehead atoms. The van der Waals surface area contributed by atoms with Crippen LogP contribution in [0.4, 0.5) is 0 Å². The van der Waals surface area contributed by atoms with Gasteiger partial charge in [0.15, 0.2) is 12.2 Å². The van der Waals surface area contributed by atoms with Crippen LogP contribution in [0.2, 0.25) is 0 Å². The number of aliphatic hydroxyl groups excluding tert-OH is 1. The van der Waals surface area contributed by atoms with Crippen LogP contribution in [0.25, 0.3) is 0 Å². The van der Waals surface area contributed by atoms with E-state index in [1.165, 1.54) is 212 Å². The van der Waals surface area contributed by atoms with E-state index in [0.717, 1.165) is 120 Å². The lowest BCUT2D eigenvalue weighted by Crippen LogP contribution is -2.30. The van der Waals surface area contributed by atoms with Crippen LogP contribution in [0.15, 0.2) is 0 Å². The van der Waals surface area contributed by atoms with Crippen molar-refractivity contribution in [1.29, 1.82) is 0 Å². The number of unbranched alkanes of at least 4 members (excludes halogenated alkanes) is 42. The number of rotatable bonds is 78. The molecule has 0 heterocycles. The lowest BCUT2D eigenvalue weighted by Gasteiger charge is -2.21. The molecule has 4 unspecified atom stereocenters. The Hall–Kier alpha value is -1.94. The largest absolute Gasteiger partial charge is 0.472 e. The van der Waals surface area contributed by atoms with Crippen molar-refractivity contribution in [3.8, 4) is 0 Å². The molecule has 0 rings (SSSR count). The van der Waals surface area contributed by atoms with Crippen LogP contribution in [0.3, 0.4) is 0 Å². The van der Waals surface area contributed by atoms with E-state index in [2.05, 4.69) is 55.4 Å². The van der Waals surface area contributed by atoms with Crippen molar-refractivity contribution in [3.63, 3.8) is 0 Å². The maximum atomic E-state index is 13.1. The number of carbonyl (C=O) groups is 4. The zero-order valence-corrected chi connectivity index (χ0v) is 67.6. The number of ether oxygens (including phenoxy) is 4. The Bertz CT molecular complexity index is 1960. The lowest BCUT2D eigenvalue weighted by molar-refractivity contribution is -0.161. The second kappa shape index (κ2) is 70.1. The maximum absolute atomic E-state index is 13.1. The standard InChI is InChI=1S/C81H158O17P2/c1-9-73(7)59-51-43-35-29-25-26-32-38-48-56-64-81(86)97-76(67-91-78(83)61-53-45-36-30-23-20-19-22-28-34-42-50-58-72(5)6)69-95-99(87,88)93-65-75(82)66-94-100(89,90)96-70-77(68-92-79(84)62-54-46-40-39-44-52-60-74(8)10-2)98-80(85)63-55-47-37-31-24-18-16-14-12-11-13-15-17-21-27-33-41-49-57-71(3)4/h71-77,82H,9-70H2,1-8H3,(H,87,88)(H,89,90)/t73?,74?,75-,76-,77-/m1/s1. The molecule has 0 aromatic heterocycles. The Morgan fingerprint density at radius 3 is 0.710 bits per heavy atom. The SMILES string of the molecule is CCC(C)CCCCCCCCCCCCC(=O)O[C@H](COC(=O)CCCCCCCCCCCCCCC(C)C)COP(=O)(O)OC[C@@H](O)COP(=O)(O)OC[C@@H](COC(=O)CCCCCCCCC(C)CC)OC(=O)CCCCCCCCCCCCCCCCCCCCC(C)C. The first-order valence-corrected chi connectivity index (χ1v) is 44.8. The summed E-state index contributed by atoms with van der Waals surface area (Å²) in [7, 11) is -9.92. The van der Waals surface area contributed by atoms with Gasteiger partial charge in [-0.1, -0.05) is 364 Å². The average molecular weight is 1470 g/mol. The highest BCUT2D eigenvalue weighted by Gasteiger charge is 2.30. The van der Waals surface area contributed by atoms with Gasteiger partial charge in [-0.05, 0) is 49.4 Å². The molecule has 100 heavy (non-hydrogen) atoms. The van der Waals surface area contributed by atoms with Gasteiger partial charge < -0.3 is 33.8 Å². The van der Waals surface area contributed by atoms with Gasteiger partial charge in [0.05, 0.1) is 26.4 Å². The molecule has 19 heteroatoms. The molecule has 0 aliphatic heterocycles. The first-order chi connectivity index (χ1) is 48.2. The fraction of sp³-hybridized carbons (Fsp3) is 0.951. The highest BCUT2D eigenvalue weighted by molar-refractivity contribution is 7.47. The Labute approximate surface area is 613 Å². The molecule has 17 nitrogen and oxygen atoms in total. The number of phosphoric acid groups is 2. The van der Waals surface area contributed by atoms with Crippen LogP contribution in [0, 0.1) is 23.7 Å². The van der Waals surface area contributed by atoms with Gasteiger partial charge in [0.2, 0.25) is 0 Å². The minimum atomic E-state index is -4.96. The van der Waals surface area contributed by atoms with Crippen molar-refractivity contribution in [2.75, 3.05) is 39.6 Å². The van der Waals surface area contributed by atoms with E-state index in [9.17, 15) is 43.2 Å². The second-order valence-corrected chi connectivity index (χ2v) is 33.5. The third-order valence-electron chi connectivity index (χ3n) is 19.5. The van der Waals surface area contributed by atoms with Crippen molar-refractivity contribution in [1.82, 2.24) is 0 Å². The van der Waals surface area contributed by atoms with Crippen molar-refractivity contribution in [3.05, 3.63) is 0 Å². The third kappa shape index (κ3) is 71.7. The van der Waals surface area contributed by atoms with E-state index in [-0.39, 0.29) is 25.7 Å². The van der Waals surface area contributed by atoms with Crippen LogP contribution in [0.5, 0.6) is 0 Å². The van der Waals surface area contributed by atoms with Gasteiger partial charge in [0, 0.05) is 25.7 Å². The van der Waals surface area contributed by atoms with Crippen LogP contribution in [-0.2, 0) is 65.4 Å². The van der Waals surface area contributed by atoms with Gasteiger partial charge >= 0.3 is 39.5 Å². The summed E-state index contributed by atoms with van der Waals surface area (Å²) in [6.45, 7) is 14.3. The fourth-order valence-electron chi connectivity index (χ4n) is 12.4. The monoisotopic (exact) mass is 1470 g/mol. The van der Waals surface area contributed by atoms with Crippen LogP contribution < -0.4 is 0 Å². The number of esters is 4. The molecule has 7 atom stereocenters. The Kier molecular flexibility index (Phi) is 68.7. The molecule has 0 saturated heterocycles. The predicted octanol–water partition coefficient (Wildman–Crippen LogP) is 24.0. The lowest BCUT2D eigenvalue weighted by atomic mass is 9.99. The summed E-state index contributed by atoms with van der Waals surface area (Å²) >= 11 is 0. The molecule has 0 aliphatic rings. The van der Waals surface area contributed by atoms with E-state index >= 15 is 0 Å². The third-order valence-corrected chi connectivity index (χ3v) is 21.4. The number of phosphoric ester groups is 2. The zero-order chi connectivity index (χ0) is 73.8. The van der Waals surface area contributed by atoms with Crippen molar-refractivity contribution >= 4 is 39.5 Å². The smallest absolute Gasteiger partial charge is 0.462 e. The summed E-state index contributed by atoms with van der Waals surface area (Å²) in [4.78, 5) is 73.0. The number of hydrogen-bond donors (Lipinski definition) is 3. The molecule has 0 aromatic carbocycles. The van der Waals surface area contributed by atoms with E-state index in [1.807, 2.05) is 0 Å². The summed E-state index contributed by atoms with van der Waals surface area (Å²) in [5, 5.41) is 10.6. The van der Waals surface area contributed by atoms with Crippen molar-refractivity contribution in [2.45, 2.75) is 433 Å². The molecular weight excluding hydrogens is 1310 g/mol. The van der Waals surface area contributed by atoms with Gasteiger partial charge in [-0.2, -0.15) is 0 Å². The average Bonchev–Trinajstić information content (AvgIpc) is 0.952. The predicted molar refractivity (Wildman–Crippen MR) is 409 cm³/mol. The highest BCUT2D eigenvalue weighted by atomic mass is 31.2. The molecule has 0 fully saturated rings. The first-order valence-electron chi connectivity index (χ1n) is 41.8. The molecular formula is C81H158O17P2. The first kappa shape index (κ1) is 98.1. The Morgan fingerprint density at radius 1 is 0.280 bits per heavy atom. The molecule has 594 valence electrons. The summed E-state index contributed by atoms with van der Waals surface area (Å²) in [5.41, 5.74) is 0. The minimum absolute atomic E-state index is 0.106. The van der Waals surface area contributed by atoms with Crippen LogP contribution in [0.1, 0.15) is 415 Å². The van der Waals surface area contributed by atoms with E-state index < -0.39 is 97.5 Å². The molecule has 0 aromatic rings. The second-order valence-electron chi connectivity index (χ2n) is 30.6. The molecule has 0 saturated carbocycles. The summed E-state index contributed by atoms with van der Waals surface area (Å²) in [6, 6.07) is 0. The van der Waals surface area contributed by atoms with Gasteiger partial charge in [-0.25, -0.2) is 9.13 Å². The van der Waals surface area contributed by atoms with E-state index in [1.54, 1.807) is 0 Å². The van der Waals surface area contributed by atoms with Crippen LogP contribution in [-0.4, -0.2) is 96.7 Å². The van der Waals surface area contributed by atoms with Crippen molar-refractivity contribution < 1.29 is 80.2 Å². The molecule has 0 radical (unpaired) electrons. The summed E-state index contributed by atoms with van der Waals surface area (Å²) in [6.07, 6.45) is 56.9. The van der Waals surface area contributed by atoms with Gasteiger partial charge in [-0.15, -0.1) is 0 Å². The van der Waals surface area contributed by atoms with Gasteiger partial charge in [-0.3, -0.25) is 37.3 Å². The maximum Gasteiger partial charge on any atom is 0.472 e. The number of aliphatic hydroxyl groups is 1. The fourth-order valence-corrected chi connectivity index (χ4v) is 13.9.